The van der Waals surface area contributed by atoms with Gasteiger partial charge in [-0.15, -0.1) is 5.10 Å². The zero-order valence-electron chi connectivity index (χ0n) is 4.96. The Labute approximate surface area is 52.1 Å². The van der Waals surface area contributed by atoms with Crippen molar-refractivity contribution in [3.8, 4) is 6.07 Å². The molecule has 0 radical (unpaired) electrons. The lowest BCUT2D eigenvalue weighted by atomic mass is 10.5. The monoisotopic (exact) mass is 123 g/mol. The Hall–Kier alpha value is -1.37. The Balaban J connectivity index is 2.90. The van der Waals surface area contributed by atoms with Crippen LogP contribution in [0.2, 0.25) is 0 Å². The van der Waals surface area contributed by atoms with Gasteiger partial charge in [-0.2, -0.15) is 5.26 Å². The molecule has 4 heteroatoms. The van der Waals surface area contributed by atoms with Crippen LogP contribution in [0.25, 0.3) is 0 Å². The first-order valence-electron chi connectivity index (χ1n) is 2.59. The number of rotatable bonds is 1. The maximum Gasteiger partial charge on any atom is 0.321 e. The summed E-state index contributed by atoms with van der Waals surface area (Å²) in [6.45, 7) is 1.88. The smallest absolute Gasteiger partial charge is 0.321 e. The molecule has 9 heavy (non-hydrogen) atoms. The summed E-state index contributed by atoms with van der Waals surface area (Å²) in [7, 11) is 0. The summed E-state index contributed by atoms with van der Waals surface area (Å²) in [6, 6.07) is 1.74. The minimum atomic E-state index is 0.0341. The Bertz CT molecular complexity index is 235. The van der Waals surface area contributed by atoms with Crippen LogP contribution in [0.3, 0.4) is 0 Å². The molecular weight excluding hydrogens is 118 g/mol. The first-order chi connectivity index (χ1) is 4.36. The third-order valence-electron chi connectivity index (χ3n) is 0.865. The van der Waals surface area contributed by atoms with Crippen molar-refractivity contribution in [1.82, 2.24) is 10.2 Å². The first kappa shape index (κ1) is 5.76. The normalized spacial score (nSPS) is 8.89. The molecule has 0 saturated heterocycles. The fourth-order valence-electron chi connectivity index (χ4n) is 0.442. The van der Waals surface area contributed by atoms with Crippen molar-refractivity contribution in [3.63, 3.8) is 0 Å². The predicted molar refractivity (Wildman–Crippen MR) is 28.4 cm³/mol. The second-order valence-electron chi connectivity index (χ2n) is 1.47. The summed E-state index contributed by atoms with van der Waals surface area (Å²) in [5.41, 5.74) is 0. The number of aromatic nitrogens is 2. The summed E-state index contributed by atoms with van der Waals surface area (Å²) in [4.78, 5) is 0. The van der Waals surface area contributed by atoms with Crippen LogP contribution in [-0.4, -0.2) is 10.2 Å². The Morgan fingerprint density at radius 1 is 1.67 bits per heavy atom. The van der Waals surface area contributed by atoms with Gasteiger partial charge in [-0.3, -0.25) is 0 Å². The molecule has 4 nitrogen and oxygen atoms in total. The van der Waals surface area contributed by atoms with Gasteiger partial charge in [0.05, 0.1) is 0 Å². The second kappa shape index (κ2) is 2.27. The molecule has 0 fully saturated rings. The number of nitrogens with zero attached hydrogens (tertiary/aromatic N) is 3. The van der Waals surface area contributed by atoms with E-state index < -0.39 is 0 Å². The van der Waals surface area contributed by atoms with Crippen molar-refractivity contribution >= 4 is 0 Å². The van der Waals surface area contributed by atoms with Gasteiger partial charge in [-0.05, 0) is 0 Å². The van der Waals surface area contributed by atoms with Crippen molar-refractivity contribution in [3.05, 3.63) is 11.8 Å². The number of hydrogen-bond donors (Lipinski definition) is 0. The Kier molecular flexibility index (Phi) is 1.45. The summed E-state index contributed by atoms with van der Waals surface area (Å²) in [5.74, 6) is 0.540. The van der Waals surface area contributed by atoms with Crippen LogP contribution in [0.1, 0.15) is 18.7 Å². The quantitative estimate of drug-likeness (QED) is 0.545. The lowest BCUT2D eigenvalue weighted by Crippen LogP contribution is -1.76. The maximum absolute atomic E-state index is 8.20. The highest BCUT2D eigenvalue weighted by Gasteiger charge is 1.99. The van der Waals surface area contributed by atoms with E-state index in [-0.39, 0.29) is 5.89 Å². The average molecular weight is 123 g/mol. The van der Waals surface area contributed by atoms with Crippen molar-refractivity contribution in [2.45, 2.75) is 13.3 Å². The van der Waals surface area contributed by atoms with E-state index in [1.807, 2.05) is 6.92 Å². The molecule has 46 valence electrons. The lowest BCUT2D eigenvalue weighted by Gasteiger charge is -1.76. The molecule has 0 N–H and O–H groups in total. The van der Waals surface area contributed by atoms with E-state index in [1.54, 1.807) is 6.07 Å². The lowest BCUT2D eigenvalue weighted by molar-refractivity contribution is 0.488. The summed E-state index contributed by atoms with van der Waals surface area (Å²) in [6.07, 6.45) is 0.675. The molecule has 0 aliphatic carbocycles. The predicted octanol–water partition coefficient (Wildman–Crippen LogP) is 0.504. The fourth-order valence-corrected chi connectivity index (χ4v) is 0.442. The van der Waals surface area contributed by atoms with Crippen molar-refractivity contribution < 1.29 is 4.42 Å². The molecule has 0 spiro atoms. The summed E-state index contributed by atoms with van der Waals surface area (Å²) >= 11 is 0. The fraction of sp³-hybridized carbons (Fsp3) is 0.400. The van der Waals surface area contributed by atoms with Gasteiger partial charge in [0.15, 0.2) is 6.07 Å². The van der Waals surface area contributed by atoms with Gasteiger partial charge in [0.2, 0.25) is 5.89 Å². The third kappa shape index (κ3) is 1.05. The minimum Gasteiger partial charge on any atom is -0.413 e. The first-order valence-corrected chi connectivity index (χ1v) is 2.59. The zero-order chi connectivity index (χ0) is 6.69. The third-order valence-corrected chi connectivity index (χ3v) is 0.865. The van der Waals surface area contributed by atoms with Crippen LogP contribution in [0.4, 0.5) is 0 Å². The topological polar surface area (TPSA) is 62.7 Å². The molecule has 1 aromatic rings. The van der Waals surface area contributed by atoms with Crippen LogP contribution >= 0.6 is 0 Å². The zero-order valence-corrected chi connectivity index (χ0v) is 4.96. The van der Waals surface area contributed by atoms with Gasteiger partial charge in [-0.1, -0.05) is 12.0 Å². The highest BCUT2D eigenvalue weighted by Crippen LogP contribution is 1.96. The standard InChI is InChI=1S/C5H5N3O/c1-2-4-7-8-5(3-6)9-4/h2H2,1H3. The highest BCUT2D eigenvalue weighted by molar-refractivity contribution is 5.02. The number of aryl methyl sites for hydroxylation is 1. The average Bonchev–Trinajstić information content (AvgIpc) is 2.34. The second-order valence-corrected chi connectivity index (χ2v) is 1.47. The number of nitriles is 1. The van der Waals surface area contributed by atoms with Crippen molar-refractivity contribution in [2.24, 2.45) is 0 Å². The van der Waals surface area contributed by atoms with Crippen LogP contribution in [-0.2, 0) is 6.42 Å². The van der Waals surface area contributed by atoms with Gasteiger partial charge in [0.1, 0.15) is 0 Å². The van der Waals surface area contributed by atoms with E-state index >= 15 is 0 Å². The van der Waals surface area contributed by atoms with E-state index in [9.17, 15) is 0 Å². The molecule has 0 bridgehead atoms. The van der Waals surface area contributed by atoms with E-state index in [4.69, 9.17) is 9.68 Å². The Morgan fingerprint density at radius 2 is 2.44 bits per heavy atom. The van der Waals surface area contributed by atoms with Gasteiger partial charge >= 0.3 is 5.89 Å². The van der Waals surface area contributed by atoms with Crippen molar-refractivity contribution in [2.75, 3.05) is 0 Å². The van der Waals surface area contributed by atoms with Gasteiger partial charge in [-0.25, -0.2) is 0 Å². The molecule has 0 aliphatic heterocycles. The molecular formula is C5H5N3O. The van der Waals surface area contributed by atoms with E-state index in [2.05, 4.69) is 10.2 Å². The molecule has 0 aromatic carbocycles. The van der Waals surface area contributed by atoms with E-state index in [1.165, 1.54) is 0 Å². The molecule has 0 unspecified atom stereocenters. The van der Waals surface area contributed by atoms with E-state index in [0.29, 0.717) is 12.3 Å². The maximum atomic E-state index is 8.20. The molecule has 0 saturated carbocycles. The number of hydrogen-bond acceptors (Lipinski definition) is 4. The molecule has 0 aliphatic rings. The molecule has 0 amide bonds. The van der Waals surface area contributed by atoms with Crippen molar-refractivity contribution in [1.29, 1.82) is 5.26 Å². The SMILES string of the molecule is CCc1nnc(C#N)o1. The molecule has 1 heterocycles. The van der Waals surface area contributed by atoms with Crippen LogP contribution in [0.15, 0.2) is 4.42 Å². The summed E-state index contributed by atoms with van der Waals surface area (Å²) in [5, 5.41) is 15.2. The van der Waals surface area contributed by atoms with Crippen LogP contribution < -0.4 is 0 Å². The molecule has 0 atom stereocenters. The summed E-state index contributed by atoms with van der Waals surface area (Å²) < 4.78 is 4.80. The van der Waals surface area contributed by atoms with Gasteiger partial charge in [0, 0.05) is 6.42 Å². The molecule has 1 rings (SSSR count). The molecule has 1 aromatic heterocycles. The van der Waals surface area contributed by atoms with E-state index in [0.717, 1.165) is 0 Å². The Morgan fingerprint density at radius 3 is 2.78 bits per heavy atom. The van der Waals surface area contributed by atoms with Gasteiger partial charge in [0.25, 0.3) is 0 Å². The highest BCUT2D eigenvalue weighted by atomic mass is 16.4. The van der Waals surface area contributed by atoms with Crippen LogP contribution in [0, 0.1) is 11.3 Å². The van der Waals surface area contributed by atoms with Gasteiger partial charge < -0.3 is 4.42 Å². The minimum absolute atomic E-state index is 0.0341. The largest absolute Gasteiger partial charge is 0.413 e. The van der Waals surface area contributed by atoms with Crippen LogP contribution in [0.5, 0.6) is 0 Å².